The molecule has 0 aliphatic heterocycles. The summed E-state index contributed by atoms with van der Waals surface area (Å²) in [5, 5.41) is 6.64. The Morgan fingerprint density at radius 2 is 1.72 bits per heavy atom. The van der Waals surface area contributed by atoms with Crippen molar-refractivity contribution >= 4 is 11.6 Å². The number of carbonyl (C=O) groups is 1. The molecule has 0 aliphatic rings. The van der Waals surface area contributed by atoms with Gasteiger partial charge in [-0.05, 0) is 44.2 Å². The van der Waals surface area contributed by atoms with Gasteiger partial charge in [0.15, 0.2) is 0 Å². The number of benzene rings is 2. The van der Waals surface area contributed by atoms with Gasteiger partial charge in [0.2, 0.25) is 5.91 Å². The van der Waals surface area contributed by atoms with Gasteiger partial charge in [0, 0.05) is 23.0 Å². The van der Waals surface area contributed by atoms with Crippen LogP contribution in [0.4, 0.5) is 27.6 Å². The molecular formula is C20H16F5N3O. The fourth-order valence-corrected chi connectivity index (χ4v) is 2.99. The van der Waals surface area contributed by atoms with E-state index in [9.17, 15) is 26.7 Å². The molecule has 0 unspecified atom stereocenters. The van der Waals surface area contributed by atoms with E-state index in [1.165, 1.54) is 16.8 Å². The molecule has 1 N–H and O–H groups in total. The number of nitrogens with one attached hydrogen (secondary N) is 1. The Kier molecular flexibility index (Phi) is 5.41. The molecule has 0 saturated heterocycles. The van der Waals surface area contributed by atoms with Crippen LogP contribution in [-0.2, 0) is 17.4 Å². The van der Waals surface area contributed by atoms with Crippen molar-refractivity contribution in [3.8, 4) is 5.69 Å². The minimum atomic E-state index is -4.49. The highest BCUT2D eigenvalue weighted by molar-refractivity contribution is 5.92. The minimum Gasteiger partial charge on any atom is -0.326 e. The lowest BCUT2D eigenvalue weighted by Gasteiger charge is -2.10. The van der Waals surface area contributed by atoms with E-state index in [-0.39, 0.29) is 17.8 Å². The number of anilines is 1. The Bertz CT molecular complexity index is 1050. The van der Waals surface area contributed by atoms with E-state index >= 15 is 0 Å². The fraction of sp³-hybridized carbons (Fsp3) is 0.200. The summed E-state index contributed by atoms with van der Waals surface area (Å²) in [7, 11) is 0. The molecule has 2 aromatic carbocycles. The van der Waals surface area contributed by atoms with Crippen LogP contribution in [0.5, 0.6) is 0 Å². The number of halogens is 5. The highest BCUT2D eigenvalue weighted by Gasteiger charge is 2.30. The molecule has 0 atom stereocenters. The van der Waals surface area contributed by atoms with Crippen LogP contribution in [0.15, 0.2) is 42.5 Å². The van der Waals surface area contributed by atoms with Gasteiger partial charge in [-0.1, -0.05) is 6.07 Å². The number of aryl methyl sites for hydroxylation is 1. The molecule has 152 valence electrons. The van der Waals surface area contributed by atoms with Crippen molar-refractivity contribution in [1.29, 1.82) is 0 Å². The van der Waals surface area contributed by atoms with Crippen molar-refractivity contribution in [1.82, 2.24) is 9.78 Å². The first-order valence-electron chi connectivity index (χ1n) is 8.53. The number of nitrogens with zero attached hydrogens (tertiary/aromatic N) is 2. The number of alkyl halides is 3. The maximum Gasteiger partial charge on any atom is 0.416 e. The smallest absolute Gasteiger partial charge is 0.326 e. The number of rotatable bonds is 4. The zero-order valence-electron chi connectivity index (χ0n) is 15.4. The first kappa shape index (κ1) is 20.5. The van der Waals surface area contributed by atoms with Gasteiger partial charge in [-0.3, -0.25) is 4.79 Å². The summed E-state index contributed by atoms with van der Waals surface area (Å²) in [5.41, 5.74) is 0.821. The molecule has 1 aromatic heterocycles. The molecule has 9 heteroatoms. The Morgan fingerprint density at radius 3 is 2.34 bits per heavy atom. The van der Waals surface area contributed by atoms with Crippen LogP contribution >= 0.6 is 0 Å². The second kappa shape index (κ2) is 7.65. The zero-order chi connectivity index (χ0) is 21.3. The van der Waals surface area contributed by atoms with E-state index in [4.69, 9.17) is 0 Å². The van der Waals surface area contributed by atoms with E-state index in [1.54, 1.807) is 13.8 Å². The van der Waals surface area contributed by atoms with Crippen molar-refractivity contribution in [3.63, 3.8) is 0 Å². The monoisotopic (exact) mass is 409 g/mol. The molecule has 1 heterocycles. The van der Waals surface area contributed by atoms with Crippen molar-refractivity contribution in [2.45, 2.75) is 26.4 Å². The number of hydrogen-bond acceptors (Lipinski definition) is 2. The van der Waals surface area contributed by atoms with Crippen molar-refractivity contribution in [2.24, 2.45) is 0 Å². The van der Waals surface area contributed by atoms with Gasteiger partial charge < -0.3 is 5.32 Å². The maximum absolute atomic E-state index is 13.3. The first-order chi connectivity index (χ1) is 13.5. The molecule has 29 heavy (non-hydrogen) atoms. The third kappa shape index (κ3) is 4.61. The molecule has 0 fully saturated rings. The molecule has 3 aromatic rings. The highest BCUT2D eigenvalue weighted by atomic mass is 19.4. The second-order valence-electron chi connectivity index (χ2n) is 6.49. The summed E-state index contributed by atoms with van der Waals surface area (Å²) in [6.45, 7) is 3.26. The summed E-state index contributed by atoms with van der Waals surface area (Å²) in [6, 6.07) is 7.33. The number of amides is 1. The van der Waals surface area contributed by atoms with E-state index in [1.807, 2.05) is 0 Å². The average Bonchev–Trinajstić information content (AvgIpc) is 2.88. The first-order valence-corrected chi connectivity index (χ1v) is 8.53. The lowest BCUT2D eigenvalue weighted by Crippen LogP contribution is -2.15. The van der Waals surface area contributed by atoms with E-state index in [2.05, 4.69) is 10.4 Å². The molecule has 4 nitrogen and oxygen atoms in total. The normalized spacial score (nSPS) is 11.6. The Labute approximate surface area is 163 Å². The topological polar surface area (TPSA) is 46.9 Å². The number of aromatic nitrogens is 2. The second-order valence-corrected chi connectivity index (χ2v) is 6.49. The van der Waals surface area contributed by atoms with Gasteiger partial charge in [-0.2, -0.15) is 18.3 Å². The van der Waals surface area contributed by atoms with Crippen molar-refractivity contribution < 1.29 is 26.7 Å². The summed E-state index contributed by atoms with van der Waals surface area (Å²) in [5.74, 6) is -2.19. The molecule has 0 radical (unpaired) electrons. The molecule has 0 aliphatic carbocycles. The maximum atomic E-state index is 13.3. The molecule has 0 saturated carbocycles. The van der Waals surface area contributed by atoms with Gasteiger partial charge in [-0.15, -0.1) is 0 Å². The molecule has 1 amide bonds. The van der Waals surface area contributed by atoms with Crippen LogP contribution in [0.1, 0.15) is 22.5 Å². The Morgan fingerprint density at radius 1 is 1.07 bits per heavy atom. The molecule has 0 bridgehead atoms. The van der Waals surface area contributed by atoms with Gasteiger partial charge >= 0.3 is 6.18 Å². The van der Waals surface area contributed by atoms with E-state index in [0.29, 0.717) is 23.0 Å². The summed E-state index contributed by atoms with van der Waals surface area (Å²) in [4.78, 5) is 12.3. The largest absolute Gasteiger partial charge is 0.416 e. The van der Waals surface area contributed by atoms with Gasteiger partial charge in [-0.25, -0.2) is 13.5 Å². The van der Waals surface area contributed by atoms with Crippen LogP contribution in [0, 0.1) is 25.5 Å². The quantitative estimate of drug-likeness (QED) is 0.619. The van der Waals surface area contributed by atoms with Crippen LogP contribution in [0.3, 0.4) is 0 Å². The van der Waals surface area contributed by atoms with Crippen LogP contribution in [-0.4, -0.2) is 15.7 Å². The third-order valence-electron chi connectivity index (χ3n) is 4.34. The standard InChI is InChI=1S/C20H16F5N3O/c1-11-18(10-19(29)26-16-8-14(21)7-15(22)9-16)12(2)28(27-11)17-5-3-4-13(6-17)20(23,24)25/h3-9H,10H2,1-2H3,(H,26,29). The lowest BCUT2D eigenvalue weighted by molar-refractivity contribution is -0.137. The van der Waals surface area contributed by atoms with Crippen LogP contribution < -0.4 is 5.32 Å². The molecular weight excluding hydrogens is 393 g/mol. The molecule has 0 spiro atoms. The Hall–Kier alpha value is -3.23. The predicted molar refractivity (Wildman–Crippen MR) is 96.7 cm³/mol. The molecule has 3 rings (SSSR count). The average molecular weight is 409 g/mol. The highest BCUT2D eigenvalue weighted by Crippen LogP contribution is 2.31. The SMILES string of the molecule is Cc1nn(-c2cccc(C(F)(F)F)c2)c(C)c1CC(=O)Nc1cc(F)cc(F)c1. The van der Waals surface area contributed by atoms with Gasteiger partial charge in [0.25, 0.3) is 0 Å². The summed E-state index contributed by atoms with van der Waals surface area (Å²) in [6.07, 6.45) is -4.65. The van der Waals surface area contributed by atoms with E-state index in [0.717, 1.165) is 24.3 Å². The minimum absolute atomic E-state index is 0.0342. The predicted octanol–water partition coefficient (Wildman–Crippen LogP) is 4.97. The van der Waals surface area contributed by atoms with Crippen molar-refractivity contribution in [3.05, 3.63) is 76.6 Å². The lowest BCUT2D eigenvalue weighted by atomic mass is 10.1. The van der Waals surface area contributed by atoms with E-state index < -0.39 is 29.3 Å². The summed E-state index contributed by atoms with van der Waals surface area (Å²) >= 11 is 0. The van der Waals surface area contributed by atoms with Gasteiger partial charge in [0.05, 0.1) is 23.4 Å². The van der Waals surface area contributed by atoms with Gasteiger partial charge in [0.1, 0.15) is 11.6 Å². The zero-order valence-corrected chi connectivity index (χ0v) is 15.4. The van der Waals surface area contributed by atoms with Crippen LogP contribution in [0.2, 0.25) is 0 Å². The third-order valence-corrected chi connectivity index (χ3v) is 4.34. The fourth-order valence-electron chi connectivity index (χ4n) is 2.99. The van der Waals surface area contributed by atoms with Crippen LogP contribution in [0.25, 0.3) is 5.69 Å². The number of carbonyl (C=O) groups excluding carboxylic acids is 1. The number of hydrogen-bond donors (Lipinski definition) is 1. The Balaban J connectivity index is 1.85. The summed E-state index contributed by atoms with van der Waals surface area (Å²) < 4.78 is 66.7. The van der Waals surface area contributed by atoms with Crippen molar-refractivity contribution in [2.75, 3.05) is 5.32 Å².